The van der Waals surface area contributed by atoms with E-state index >= 15 is 0 Å². The van der Waals surface area contributed by atoms with Crippen LogP contribution >= 0.6 is 0 Å². The lowest BCUT2D eigenvalue weighted by molar-refractivity contribution is 0.0637. The Morgan fingerprint density at radius 3 is 2.62 bits per heavy atom. The van der Waals surface area contributed by atoms with Crippen LogP contribution in [-0.4, -0.2) is 64.2 Å². The van der Waals surface area contributed by atoms with E-state index in [9.17, 15) is 9.59 Å². The van der Waals surface area contributed by atoms with Crippen LogP contribution in [0.2, 0.25) is 0 Å². The van der Waals surface area contributed by atoms with Gasteiger partial charge in [0.15, 0.2) is 5.78 Å². The molecule has 0 spiro atoms. The monoisotopic (exact) mass is 353 g/mol. The number of nitrogens with zero attached hydrogens (tertiary/aromatic N) is 4. The van der Waals surface area contributed by atoms with Gasteiger partial charge in [0.25, 0.3) is 5.91 Å². The fraction of sp³-hybridized carbons (Fsp3) is 0.368. The summed E-state index contributed by atoms with van der Waals surface area (Å²) in [4.78, 5) is 36.9. The summed E-state index contributed by atoms with van der Waals surface area (Å²) >= 11 is 0. The molecule has 1 amide bonds. The van der Waals surface area contributed by atoms with E-state index < -0.39 is 0 Å². The van der Waals surface area contributed by atoms with Gasteiger partial charge in [0, 0.05) is 43.6 Å². The van der Waals surface area contributed by atoms with E-state index in [0.717, 1.165) is 19.6 Å². The molecule has 0 aliphatic carbocycles. The summed E-state index contributed by atoms with van der Waals surface area (Å²) < 4.78 is 0. The number of piperazine rings is 1. The third-order valence-corrected chi connectivity index (χ3v) is 4.51. The largest absolute Gasteiger partial charge is 0.335 e. The fourth-order valence-electron chi connectivity index (χ4n) is 2.91. The minimum atomic E-state index is -0.0799. The first-order valence-electron chi connectivity index (χ1n) is 8.79. The van der Waals surface area contributed by atoms with E-state index in [1.165, 1.54) is 6.92 Å². The summed E-state index contributed by atoms with van der Waals surface area (Å²) in [7, 11) is 0. The Labute approximate surface area is 153 Å². The zero-order valence-electron chi connectivity index (χ0n) is 15.1. The maximum atomic E-state index is 12.7. The van der Waals surface area contributed by atoms with Crippen molar-refractivity contribution in [1.29, 1.82) is 0 Å². The van der Waals surface area contributed by atoms with Crippen molar-refractivity contribution in [3.63, 3.8) is 0 Å². The van der Waals surface area contributed by atoms with Crippen LogP contribution in [-0.2, 0) is 0 Å². The lowest BCUT2D eigenvalue weighted by atomic mass is 10.1. The number of ketones is 1. The molecular weight excluding hydrogens is 330 g/mol. The minimum Gasteiger partial charge on any atom is -0.335 e. The number of anilines is 2. The van der Waals surface area contributed by atoms with Crippen LogP contribution in [0.5, 0.6) is 0 Å². The van der Waals surface area contributed by atoms with Crippen LogP contribution in [0.15, 0.2) is 36.5 Å². The molecule has 1 aliphatic heterocycles. The Balaban J connectivity index is 1.71. The number of amides is 1. The van der Waals surface area contributed by atoms with E-state index in [1.807, 2.05) is 11.0 Å². The highest BCUT2D eigenvalue weighted by molar-refractivity contribution is 5.95. The number of benzene rings is 1. The Morgan fingerprint density at radius 1 is 1.15 bits per heavy atom. The average molecular weight is 353 g/mol. The van der Waals surface area contributed by atoms with Gasteiger partial charge in [-0.25, -0.2) is 9.97 Å². The van der Waals surface area contributed by atoms with Crippen LogP contribution in [0.3, 0.4) is 0 Å². The summed E-state index contributed by atoms with van der Waals surface area (Å²) in [5.41, 5.74) is 1.69. The Kier molecular flexibility index (Phi) is 5.58. The first kappa shape index (κ1) is 18.0. The van der Waals surface area contributed by atoms with E-state index in [4.69, 9.17) is 0 Å². The number of carbonyl (C=O) groups is 2. The van der Waals surface area contributed by atoms with Gasteiger partial charge in [-0.2, -0.15) is 0 Å². The Morgan fingerprint density at radius 2 is 1.92 bits per heavy atom. The smallest absolute Gasteiger partial charge is 0.272 e. The molecule has 2 aromatic rings. The summed E-state index contributed by atoms with van der Waals surface area (Å²) in [5.74, 6) is 0.247. The second kappa shape index (κ2) is 8.05. The topological polar surface area (TPSA) is 78.4 Å². The van der Waals surface area contributed by atoms with Gasteiger partial charge in [0.05, 0.1) is 0 Å². The van der Waals surface area contributed by atoms with E-state index in [2.05, 4.69) is 27.1 Å². The molecule has 2 heterocycles. The van der Waals surface area contributed by atoms with Crippen LogP contribution in [0.1, 0.15) is 34.7 Å². The fourth-order valence-corrected chi connectivity index (χ4v) is 2.91. The Bertz CT molecular complexity index is 800. The molecule has 7 heteroatoms. The van der Waals surface area contributed by atoms with Gasteiger partial charge >= 0.3 is 0 Å². The third-order valence-electron chi connectivity index (χ3n) is 4.51. The van der Waals surface area contributed by atoms with Gasteiger partial charge < -0.3 is 15.1 Å². The van der Waals surface area contributed by atoms with Crippen molar-refractivity contribution in [1.82, 2.24) is 19.8 Å². The van der Waals surface area contributed by atoms with Gasteiger partial charge in [-0.15, -0.1) is 0 Å². The van der Waals surface area contributed by atoms with Crippen molar-refractivity contribution >= 4 is 23.3 Å². The van der Waals surface area contributed by atoms with E-state index in [-0.39, 0.29) is 11.7 Å². The highest BCUT2D eigenvalue weighted by Gasteiger charge is 2.22. The van der Waals surface area contributed by atoms with E-state index in [1.54, 1.807) is 30.5 Å². The van der Waals surface area contributed by atoms with Gasteiger partial charge in [-0.3, -0.25) is 9.59 Å². The SMILES string of the molecule is CCN1CCN(C(=O)c2ccnc(Nc3cccc(C(C)=O)c3)n2)CC1. The van der Waals surface area contributed by atoms with Crippen LogP contribution in [0.25, 0.3) is 0 Å². The van der Waals surface area contributed by atoms with Crippen molar-refractivity contribution in [2.24, 2.45) is 0 Å². The number of likely N-dealkylation sites (N-methyl/N-ethyl adjacent to an activating group) is 1. The highest BCUT2D eigenvalue weighted by atomic mass is 16.2. The summed E-state index contributed by atoms with van der Waals surface area (Å²) in [6.07, 6.45) is 1.57. The summed E-state index contributed by atoms with van der Waals surface area (Å²) in [5, 5.41) is 3.06. The maximum Gasteiger partial charge on any atom is 0.272 e. The number of aromatic nitrogens is 2. The molecule has 0 bridgehead atoms. The number of rotatable bonds is 5. The summed E-state index contributed by atoms with van der Waals surface area (Å²) in [6, 6.07) is 8.75. The number of hydrogen-bond acceptors (Lipinski definition) is 6. The lowest BCUT2D eigenvalue weighted by Gasteiger charge is -2.33. The van der Waals surface area contributed by atoms with Crippen LogP contribution < -0.4 is 5.32 Å². The van der Waals surface area contributed by atoms with E-state index in [0.29, 0.717) is 36.0 Å². The molecule has 1 aliphatic rings. The zero-order chi connectivity index (χ0) is 18.5. The number of Topliss-reactive ketones (excluding diaryl/α,β-unsaturated/α-hetero) is 1. The number of carbonyl (C=O) groups excluding carboxylic acids is 2. The molecule has 3 rings (SSSR count). The van der Waals surface area contributed by atoms with Gasteiger partial charge in [-0.05, 0) is 31.7 Å². The quantitative estimate of drug-likeness (QED) is 0.830. The second-order valence-electron chi connectivity index (χ2n) is 6.25. The standard InChI is InChI=1S/C19H23N5O2/c1-3-23-9-11-24(12-10-23)18(26)17-7-8-20-19(22-17)21-16-6-4-5-15(13-16)14(2)25/h4-8,13H,3,9-12H2,1-2H3,(H,20,21,22). The van der Waals surface area contributed by atoms with Crippen molar-refractivity contribution in [3.05, 3.63) is 47.8 Å². The predicted molar refractivity (Wildman–Crippen MR) is 99.8 cm³/mol. The predicted octanol–water partition coefficient (Wildman–Crippen LogP) is 2.20. The zero-order valence-corrected chi connectivity index (χ0v) is 15.1. The van der Waals surface area contributed by atoms with Gasteiger partial charge in [0.2, 0.25) is 5.95 Å². The minimum absolute atomic E-state index is 0.00952. The lowest BCUT2D eigenvalue weighted by Crippen LogP contribution is -2.48. The average Bonchev–Trinajstić information content (AvgIpc) is 2.68. The molecule has 1 aromatic heterocycles. The van der Waals surface area contributed by atoms with Crippen LogP contribution in [0, 0.1) is 0 Å². The first-order chi connectivity index (χ1) is 12.6. The highest BCUT2D eigenvalue weighted by Crippen LogP contribution is 2.16. The summed E-state index contributed by atoms with van der Waals surface area (Å²) in [6.45, 7) is 7.84. The van der Waals surface area contributed by atoms with Gasteiger partial charge in [0.1, 0.15) is 5.69 Å². The third kappa shape index (κ3) is 4.23. The molecule has 1 fully saturated rings. The van der Waals surface area contributed by atoms with Crippen molar-refractivity contribution < 1.29 is 9.59 Å². The van der Waals surface area contributed by atoms with Gasteiger partial charge in [-0.1, -0.05) is 19.1 Å². The molecule has 0 radical (unpaired) electrons. The van der Waals surface area contributed by atoms with Crippen LogP contribution in [0.4, 0.5) is 11.6 Å². The normalized spacial score (nSPS) is 14.9. The molecule has 0 unspecified atom stereocenters. The second-order valence-corrected chi connectivity index (χ2v) is 6.25. The number of nitrogens with one attached hydrogen (secondary N) is 1. The molecule has 0 saturated carbocycles. The number of hydrogen-bond donors (Lipinski definition) is 1. The molecule has 1 aromatic carbocycles. The molecule has 0 atom stereocenters. The molecule has 1 N–H and O–H groups in total. The first-order valence-corrected chi connectivity index (χ1v) is 8.79. The van der Waals surface area contributed by atoms with Crippen molar-refractivity contribution in [3.8, 4) is 0 Å². The Hall–Kier alpha value is -2.80. The van der Waals surface area contributed by atoms with Crippen molar-refractivity contribution in [2.75, 3.05) is 38.0 Å². The van der Waals surface area contributed by atoms with Crippen molar-refractivity contribution in [2.45, 2.75) is 13.8 Å². The molecule has 7 nitrogen and oxygen atoms in total. The molecule has 26 heavy (non-hydrogen) atoms. The maximum absolute atomic E-state index is 12.7. The molecular formula is C19H23N5O2. The molecule has 136 valence electrons. The molecule has 1 saturated heterocycles.